The Labute approximate surface area is 192 Å². The Morgan fingerprint density at radius 1 is 0.576 bits per heavy atom. The van der Waals surface area contributed by atoms with Crippen molar-refractivity contribution in [3.8, 4) is 17.2 Å². The molecule has 0 aromatic heterocycles. The molecule has 166 valence electrons. The van der Waals surface area contributed by atoms with Crippen molar-refractivity contribution in [3.63, 3.8) is 0 Å². The molecule has 0 radical (unpaired) electrons. The molecule has 0 heterocycles. The van der Waals surface area contributed by atoms with Crippen LogP contribution < -0.4 is 0 Å². The summed E-state index contributed by atoms with van der Waals surface area (Å²) < 4.78 is 5.58. The van der Waals surface area contributed by atoms with E-state index < -0.39 is 23.2 Å². The van der Waals surface area contributed by atoms with Crippen LogP contribution in [0.25, 0.3) is 0 Å². The van der Waals surface area contributed by atoms with Crippen molar-refractivity contribution in [2.24, 2.45) is 0 Å². The summed E-state index contributed by atoms with van der Waals surface area (Å²) in [6.45, 7) is 0.0393. The SMILES string of the molecule is O=C(OCc1ccccc1)c1c(Cc2ccccc2)c(O)c(O)c(O)c1Cc1ccccc1. The average molecular weight is 440 g/mol. The molecule has 33 heavy (non-hydrogen) atoms. The summed E-state index contributed by atoms with van der Waals surface area (Å²) in [6.07, 6.45) is 0.357. The molecule has 4 rings (SSSR count). The van der Waals surface area contributed by atoms with E-state index in [9.17, 15) is 20.1 Å². The van der Waals surface area contributed by atoms with Crippen LogP contribution in [0.15, 0.2) is 91.0 Å². The number of esters is 1. The second-order valence-electron chi connectivity index (χ2n) is 7.76. The molecule has 0 aliphatic carbocycles. The van der Waals surface area contributed by atoms with E-state index in [-0.39, 0.29) is 36.1 Å². The predicted octanol–water partition coefficient (Wildman–Crippen LogP) is 5.34. The number of carbonyl (C=O) groups is 1. The lowest BCUT2D eigenvalue weighted by Gasteiger charge is -2.19. The van der Waals surface area contributed by atoms with E-state index in [1.807, 2.05) is 91.0 Å². The first kappa shape index (κ1) is 22.0. The first-order valence-corrected chi connectivity index (χ1v) is 10.6. The van der Waals surface area contributed by atoms with Crippen LogP contribution in [0.1, 0.15) is 38.2 Å². The minimum absolute atomic E-state index is 0.0393. The molecule has 0 unspecified atom stereocenters. The van der Waals surface area contributed by atoms with Crippen molar-refractivity contribution in [2.75, 3.05) is 0 Å². The fourth-order valence-electron chi connectivity index (χ4n) is 3.80. The molecule has 4 aromatic rings. The van der Waals surface area contributed by atoms with Gasteiger partial charge in [0.05, 0.1) is 5.56 Å². The maximum absolute atomic E-state index is 13.3. The van der Waals surface area contributed by atoms with E-state index in [4.69, 9.17) is 4.74 Å². The Kier molecular flexibility index (Phi) is 6.60. The molecule has 4 aromatic carbocycles. The number of benzene rings is 4. The summed E-state index contributed by atoms with van der Waals surface area (Å²) in [6, 6.07) is 27.8. The third-order valence-corrected chi connectivity index (χ3v) is 5.49. The molecule has 0 atom stereocenters. The van der Waals surface area contributed by atoms with Gasteiger partial charge < -0.3 is 20.1 Å². The van der Waals surface area contributed by atoms with Crippen LogP contribution in [-0.4, -0.2) is 21.3 Å². The number of hydrogen-bond acceptors (Lipinski definition) is 5. The molecule has 0 spiro atoms. The number of rotatable bonds is 7. The number of carbonyl (C=O) groups excluding carboxylic acids is 1. The van der Waals surface area contributed by atoms with E-state index >= 15 is 0 Å². The molecule has 0 aliphatic heterocycles. The molecule has 0 amide bonds. The van der Waals surface area contributed by atoms with Gasteiger partial charge in [-0.25, -0.2) is 4.79 Å². The molecule has 0 aliphatic rings. The summed E-state index contributed by atoms with van der Waals surface area (Å²) in [5.41, 5.74) is 2.96. The standard InChI is InChI=1S/C28H24O5/c29-25-22(16-19-10-4-1-5-11-19)24(28(32)33-18-21-14-8-3-9-15-21)23(26(30)27(25)31)17-20-12-6-2-7-13-20/h1-15,29-31H,16-18H2. The summed E-state index contributed by atoms with van der Waals surface area (Å²) in [5, 5.41) is 31.9. The second-order valence-corrected chi connectivity index (χ2v) is 7.76. The third kappa shape index (κ3) is 4.99. The van der Waals surface area contributed by atoms with Crippen molar-refractivity contribution in [1.82, 2.24) is 0 Å². The highest BCUT2D eigenvalue weighted by Gasteiger charge is 2.28. The highest BCUT2D eigenvalue weighted by atomic mass is 16.5. The minimum Gasteiger partial charge on any atom is -0.504 e. The van der Waals surface area contributed by atoms with E-state index in [1.165, 1.54) is 0 Å². The monoisotopic (exact) mass is 440 g/mol. The lowest BCUT2D eigenvalue weighted by molar-refractivity contribution is 0.0469. The Morgan fingerprint density at radius 2 is 0.970 bits per heavy atom. The highest BCUT2D eigenvalue weighted by molar-refractivity contribution is 5.96. The van der Waals surface area contributed by atoms with Gasteiger partial charge in [-0.2, -0.15) is 0 Å². The highest BCUT2D eigenvalue weighted by Crippen LogP contribution is 2.45. The quantitative estimate of drug-likeness (QED) is 0.267. The molecule has 0 fully saturated rings. The molecule has 0 saturated carbocycles. The Hall–Kier alpha value is -4.25. The van der Waals surface area contributed by atoms with Crippen LogP contribution in [0.4, 0.5) is 0 Å². The van der Waals surface area contributed by atoms with E-state index in [1.54, 1.807) is 0 Å². The smallest absolute Gasteiger partial charge is 0.339 e. The molecular weight excluding hydrogens is 416 g/mol. The van der Waals surface area contributed by atoms with Crippen molar-refractivity contribution in [3.05, 3.63) is 124 Å². The Balaban J connectivity index is 1.80. The van der Waals surface area contributed by atoms with Crippen molar-refractivity contribution in [2.45, 2.75) is 19.4 Å². The Morgan fingerprint density at radius 3 is 1.39 bits per heavy atom. The van der Waals surface area contributed by atoms with Crippen LogP contribution in [0.5, 0.6) is 17.2 Å². The number of phenolic OH excluding ortho intramolecular Hbond substituents is 3. The molecule has 5 nitrogen and oxygen atoms in total. The molecule has 5 heteroatoms. The zero-order chi connectivity index (χ0) is 23.2. The fourth-order valence-corrected chi connectivity index (χ4v) is 3.80. The molecule has 0 saturated heterocycles. The summed E-state index contributed by atoms with van der Waals surface area (Å²) in [7, 11) is 0. The van der Waals surface area contributed by atoms with Gasteiger partial charge in [-0.3, -0.25) is 0 Å². The largest absolute Gasteiger partial charge is 0.504 e. The topological polar surface area (TPSA) is 87.0 Å². The van der Waals surface area contributed by atoms with Gasteiger partial charge >= 0.3 is 5.97 Å². The van der Waals surface area contributed by atoms with Gasteiger partial charge in [0.1, 0.15) is 6.61 Å². The lowest BCUT2D eigenvalue weighted by atomic mass is 9.90. The number of ether oxygens (including phenoxy) is 1. The minimum atomic E-state index is -0.679. The summed E-state index contributed by atoms with van der Waals surface area (Å²) >= 11 is 0. The van der Waals surface area contributed by atoms with Crippen LogP contribution in [0, 0.1) is 0 Å². The summed E-state index contributed by atoms with van der Waals surface area (Å²) in [5.74, 6) is -2.38. The van der Waals surface area contributed by atoms with Crippen molar-refractivity contribution >= 4 is 5.97 Å². The van der Waals surface area contributed by atoms with Gasteiger partial charge in [0, 0.05) is 24.0 Å². The molecular formula is C28H24O5. The van der Waals surface area contributed by atoms with E-state index in [2.05, 4.69) is 0 Å². The van der Waals surface area contributed by atoms with Gasteiger partial charge in [-0.15, -0.1) is 0 Å². The van der Waals surface area contributed by atoms with Crippen LogP contribution in [-0.2, 0) is 24.2 Å². The first-order chi connectivity index (χ1) is 16.0. The van der Waals surface area contributed by atoms with E-state index in [0.717, 1.165) is 16.7 Å². The molecule has 0 bridgehead atoms. The third-order valence-electron chi connectivity index (χ3n) is 5.49. The van der Waals surface area contributed by atoms with Gasteiger partial charge in [0.2, 0.25) is 5.75 Å². The van der Waals surface area contributed by atoms with Gasteiger partial charge in [-0.1, -0.05) is 91.0 Å². The van der Waals surface area contributed by atoms with Crippen molar-refractivity contribution < 1.29 is 24.9 Å². The maximum atomic E-state index is 13.3. The molecule has 3 N–H and O–H groups in total. The van der Waals surface area contributed by atoms with Gasteiger partial charge in [0.15, 0.2) is 11.5 Å². The number of hydrogen-bond donors (Lipinski definition) is 3. The zero-order valence-corrected chi connectivity index (χ0v) is 17.9. The summed E-state index contributed by atoms with van der Waals surface area (Å²) in [4.78, 5) is 13.3. The number of aromatic hydroxyl groups is 3. The van der Waals surface area contributed by atoms with Gasteiger partial charge in [0.25, 0.3) is 0 Å². The van der Waals surface area contributed by atoms with Gasteiger partial charge in [-0.05, 0) is 16.7 Å². The maximum Gasteiger partial charge on any atom is 0.339 e. The van der Waals surface area contributed by atoms with Crippen LogP contribution in [0.3, 0.4) is 0 Å². The predicted molar refractivity (Wildman–Crippen MR) is 125 cm³/mol. The average Bonchev–Trinajstić information content (AvgIpc) is 2.86. The first-order valence-electron chi connectivity index (χ1n) is 10.6. The van der Waals surface area contributed by atoms with Crippen LogP contribution in [0.2, 0.25) is 0 Å². The van der Waals surface area contributed by atoms with E-state index in [0.29, 0.717) is 0 Å². The second kappa shape index (κ2) is 9.92. The normalized spacial score (nSPS) is 10.7. The van der Waals surface area contributed by atoms with Crippen molar-refractivity contribution in [1.29, 1.82) is 0 Å². The zero-order valence-electron chi connectivity index (χ0n) is 17.9. The lowest BCUT2D eigenvalue weighted by Crippen LogP contribution is -2.13. The Bertz CT molecular complexity index is 1170. The number of phenols is 3. The fraction of sp³-hybridized carbons (Fsp3) is 0.107. The van der Waals surface area contributed by atoms with Crippen LogP contribution >= 0.6 is 0 Å².